The van der Waals surface area contributed by atoms with Crippen LogP contribution in [0.25, 0.3) is 0 Å². The van der Waals surface area contributed by atoms with Crippen molar-refractivity contribution in [1.82, 2.24) is 5.43 Å². The second kappa shape index (κ2) is 8.35. The molecule has 8 heteroatoms. The van der Waals surface area contributed by atoms with Gasteiger partial charge in [-0.25, -0.2) is 5.84 Å². The van der Waals surface area contributed by atoms with E-state index in [-0.39, 0.29) is 11.7 Å². The lowest BCUT2D eigenvalue weighted by molar-refractivity contribution is -0.274. The molecule has 1 aromatic carbocycles. The van der Waals surface area contributed by atoms with Crippen LogP contribution < -0.4 is 20.7 Å². The Morgan fingerprint density at radius 3 is 2.29 bits per heavy atom. The van der Waals surface area contributed by atoms with Gasteiger partial charge in [0.05, 0.1) is 6.61 Å². The van der Waals surface area contributed by atoms with E-state index in [1.165, 1.54) is 24.3 Å². The molecule has 0 aromatic heterocycles. The van der Waals surface area contributed by atoms with Crippen molar-refractivity contribution in [2.75, 3.05) is 6.61 Å². The van der Waals surface area contributed by atoms with Gasteiger partial charge in [0, 0.05) is 6.42 Å². The van der Waals surface area contributed by atoms with Crippen LogP contribution in [0.2, 0.25) is 0 Å². The third-order valence-electron chi connectivity index (χ3n) is 2.54. The first-order valence-electron chi connectivity index (χ1n) is 6.39. The molecule has 21 heavy (non-hydrogen) atoms. The maximum absolute atomic E-state index is 12.0. The van der Waals surface area contributed by atoms with Gasteiger partial charge in [-0.1, -0.05) is 0 Å². The highest BCUT2D eigenvalue weighted by Gasteiger charge is 2.30. The molecule has 0 aliphatic rings. The average Bonchev–Trinajstić information content (AvgIpc) is 2.42. The summed E-state index contributed by atoms with van der Waals surface area (Å²) in [7, 11) is 0. The quantitative estimate of drug-likeness (QED) is 0.335. The van der Waals surface area contributed by atoms with E-state index in [9.17, 15) is 18.0 Å². The third kappa shape index (κ3) is 8.03. The lowest BCUT2D eigenvalue weighted by Crippen LogP contribution is -2.29. The Morgan fingerprint density at radius 1 is 1.10 bits per heavy atom. The first-order chi connectivity index (χ1) is 9.90. The number of hydrazine groups is 1. The molecule has 0 aliphatic heterocycles. The van der Waals surface area contributed by atoms with Crippen LogP contribution in [0.1, 0.15) is 25.7 Å². The van der Waals surface area contributed by atoms with Gasteiger partial charge in [0.15, 0.2) is 0 Å². The van der Waals surface area contributed by atoms with Crippen molar-refractivity contribution in [3.63, 3.8) is 0 Å². The average molecular weight is 306 g/mol. The predicted molar refractivity (Wildman–Crippen MR) is 69.4 cm³/mol. The minimum absolute atomic E-state index is 0.212. The fourth-order valence-electron chi connectivity index (χ4n) is 1.56. The number of halogens is 3. The summed E-state index contributed by atoms with van der Waals surface area (Å²) in [6.07, 6.45) is -2.11. The molecular weight excluding hydrogens is 289 g/mol. The van der Waals surface area contributed by atoms with Crippen LogP contribution in [0, 0.1) is 0 Å². The number of amides is 1. The van der Waals surface area contributed by atoms with E-state index >= 15 is 0 Å². The standard InChI is InChI=1S/C13H17F3N2O3/c14-13(15,16)21-11-7-5-10(6-8-11)20-9-3-1-2-4-12(19)18-17/h5-8H,1-4,9,17H2,(H,18,19). The number of rotatable bonds is 8. The zero-order valence-electron chi connectivity index (χ0n) is 11.3. The van der Waals surface area contributed by atoms with Crippen LogP contribution in [-0.2, 0) is 4.79 Å². The molecule has 0 aliphatic carbocycles. The monoisotopic (exact) mass is 306 g/mol. The minimum atomic E-state index is -4.70. The fourth-order valence-corrected chi connectivity index (χ4v) is 1.56. The highest BCUT2D eigenvalue weighted by Crippen LogP contribution is 2.24. The number of hydrogen-bond donors (Lipinski definition) is 2. The van der Waals surface area contributed by atoms with Gasteiger partial charge in [-0.15, -0.1) is 13.2 Å². The first-order valence-corrected chi connectivity index (χ1v) is 6.39. The smallest absolute Gasteiger partial charge is 0.494 e. The van der Waals surface area contributed by atoms with Gasteiger partial charge < -0.3 is 9.47 Å². The molecule has 0 bridgehead atoms. The van der Waals surface area contributed by atoms with E-state index in [4.69, 9.17) is 10.6 Å². The van der Waals surface area contributed by atoms with Crippen molar-refractivity contribution >= 4 is 5.91 Å². The van der Waals surface area contributed by atoms with Crippen molar-refractivity contribution in [3.05, 3.63) is 24.3 Å². The molecule has 5 nitrogen and oxygen atoms in total. The Labute approximate surface area is 120 Å². The summed E-state index contributed by atoms with van der Waals surface area (Å²) in [6.45, 7) is 0.420. The Balaban J connectivity index is 2.20. The van der Waals surface area contributed by atoms with Crippen LogP contribution in [-0.4, -0.2) is 18.9 Å². The second-order valence-electron chi connectivity index (χ2n) is 4.25. The van der Waals surface area contributed by atoms with E-state index in [0.717, 1.165) is 12.8 Å². The van der Waals surface area contributed by atoms with Gasteiger partial charge in [-0.05, 0) is 43.5 Å². The molecule has 1 rings (SSSR count). The maximum Gasteiger partial charge on any atom is 0.573 e. The van der Waals surface area contributed by atoms with E-state index in [2.05, 4.69) is 4.74 Å². The van der Waals surface area contributed by atoms with Crippen molar-refractivity contribution in [2.45, 2.75) is 32.0 Å². The van der Waals surface area contributed by atoms with Crippen LogP contribution >= 0.6 is 0 Å². The Morgan fingerprint density at radius 2 is 1.71 bits per heavy atom. The summed E-state index contributed by atoms with van der Waals surface area (Å²) >= 11 is 0. The zero-order chi connectivity index (χ0) is 15.7. The number of nitrogens with two attached hydrogens (primary N) is 1. The summed E-state index contributed by atoms with van der Waals surface area (Å²) in [6, 6.07) is 5.19. The Kier molecular flexibility index (Phi) is 6.80. The van der Waals surface area contributed by atoms with E-state index in [1.807, 2.05) is 5.43 Å². The minimum Gasteiger partial charge on any atom is -0.494 e. The predicted octanol–water partition coefficient (Wildman–Crippen LogP) is 2.51. The third-order valence-corrected chi connectivity index (χ3v) is 2.54. The highest BCUT2D eigenvalue weighted by atomic mass is 19.4. The van der Waals surface area contributed by atoms with E-state index in [0.29, 0.717) is 25.2 Å². The van der Waals surface area contributed by atoms with Crippen LogP contribution in [0.3, 0.4) is 0 Å². The SMILES string of the molecule is NNC(=O)CCCCCOc1ccc(OC(F)(F)F)cc1. The molecule has 118 valence electrons. The summed E-state index contributed by atoms with van der Waals surface area (Å²) in [5.74, 6) is 4.90. The maximum atomic E-state index is 12.0. The topological polar surface area (TPSA) is 73.6 Å². The van der Waals surface area contributed by atoms with Gasteiger partial charge in [0.1, 0.15) is 11.5 Å². The van der Waals surface area contributed by atoms with E-state index < -0.39 is 6.36 Å². The Bertz CT molecular complexity index is 435. The van der Waals surface area contributed by atoms with Gasteiger partial charge in [-0.2, -0.15) is 0 Å². The van der Waals surface area contributed by atoms with Gasteiger partial charge in [0.25, 0.3) is 0 Å². The van der Waals surface area contributed by atoms with Crippen molar-refractivity contribution in [3.8, 4) is 11.5 Å². The summed E-state index contributed by atoms with van der Waals surface area (Å²) in [5.41, 5.74) is 2.04. The summed E-state index contributed by atoms with van der Waals surface area (Å²) < 4.78 is 45.0. The molecule has 0 saturated heterocycles. The van der Waals surface area contributed by atoms with Crippen molar-refractivity contribution in [2.24, 2.45) is 5.84 Å². The number of ether oxygens (including phenoxy) is 2. The molecule has 0 radical (unpaired) electrons. The molecule has 3 N–H and O–H groups in total. The summed E-state index contributed by atoms with van der Waals surface area (Å²) in [5, 5.41) is 0. The highest BCUT2D eigenvalue weighted by molar-refractivity contribution is 5.75. The van der Waals surface area contributed by atoms with Crippen LogP contribution in [0.4, 0.5) is 13.2 Å². The lowest BCUT2D eigenvalue weighted by Gasteiger charge is -2.10. The molecule has 0 fully saturated rings. The lowest BCUT2D eigenvalue weighted by atomic mass is 10.2. The first kappa shape index (κ1) is 17.1. The van der Waals surface area contributed by atoms with Gasteiger partial charge in [-0.3, -0.25) is 10.2 Å². The normalized spacial score (nSPS) is 11.0. The molecule has 0 saturated carbocycles. The number of carbonyl (C=O) groups is 1. The van der Waals surface area contributed by atoms with E-state index in [1.54, 1.807) is 0 Å². The van der Waals surface area contributed by atoms with Gasteiger partial charge >= 0.3 is 6.36 Å². The molecule has 1 aromatic rings. The molecular formula is C13H17F3N2O3. The molecule has 0 atom stereocenters. The molecule has 0 spiro atoms. The van der Waals surface area contributed by atoms with Gasteiger partial charge in [0.2, 0.25) is 5.91 Å². The largest absolute Gasteiger partial charge is 0.573 e. The number of alkyl halides is 3. The number of hydrogen-bond acceptors (Lipinski definition) is 4. The number of unbranched alkanes of at least 4 members (excludes halogenated alkanes) is 2. The number of carbonyl (C=O) groups excluding carboxylic acids is 1. The molecule has 1 amide bonds. The number of benzene rings is 1. The van der Waals surface area contributed by atoms with Crippen molar-refractivity contribution < 1.29 is 27.4 Å². The second-order valence-corrected chi connectivity index (χ2v) is 4.25. The van der Waals surface area contributed by atoms with Crippen LogP contribution in [0.15, 0.2) is 24.3 Å². The zero-order valence-corrected chi connectivity index (χ0v) is 11.3. The Hall–Kier alpha value is -1.96. The molecule has 0 unspecified atom stereocenters. The number of nitrogens with one attached hydrogen (secondary N) is 1. The molecule has 0 heterocycles. The summed E-state index contributed by atoms with van der Waals surface area (Å²) in [4.78, 5) is 10.8. The fraction of sp³-hybridized carbons (Fsp3) is 0.462. The van der Waals surface area contributed by atoms with Crippen molar-refractivity contribution in [1.29, 1.82) is 0 Å². The van der Waals surface area contributed by atoms with Crippen LogP contribution in [0.5, 0.6) is 11.5 Å².